The Morgan fingerprint density at radius 1 is 1.19 bits per heavy atom. The number of hydrogen-bond acceptors (Lipinski definition) is 4. The van der Waals surface area contributed by atoms with Gasteiger partial charge in [0.05, 0.1) is 12.2 Å². The van der Waals surface area contributed by atoms with E-state index in [2.05, 4.69) is 15.5 Å². The Morgan fingerprint density at radius 3 is 2.69 bits per heavy atom. The van der Waals surface area contributed by atoms with Crippen molar-refractivity contribution in [1.82, 2.24) is 20.1 Å². The monoisotopic (exact) mass is 408 g/mol. The van der Waals surface area contributed by atoms with Gasteiger partial charge in [0.2, 0.25) is 0 Å². The van der Waals surface area contributed by atoms with Gasteiger partial charge in [0.1, 0.15) is 5.75 Å². The Bertz CT molecular complexity index is 969. The Balaban J connectivity index is 1.62. The van der Waals surface area contributed by atoms with E-state index in [4.69, 9.17) is 40.2 Å². The maximum absolute atomic E-state index is 12.0. The highest BCUT2D eigenvalue weighted by Gasteiger charge is 2.11. The molecule has 134 valence electrons. The fourth-order valence-corrected chi connectivity index (χ4v) is 2.80. The third-order valence-corrected chi connectivity index (χ3v) is 4.20. The van der Waals surface area contributed by atoms with Gasteiger partial charge >= 0.3 is 0 Å². The summed E-state index contributed by atoms with van der Waals surface area (Å²) < 4.78 is 7.52. The maximum atomic E-state index is 12.0. The van der Waals surface area contributed by atoms with E-state index in [1.807, 2.05) is 12.1 Å². The predicted octanol–water partition coefficient (Wildman–Crippen LogP) is 3.93. The van der Waals surface area contributed by atoms with Crippen LogP contribution in [0.1, 0.15) is 5.82 Å². The molecule has 2 N–H and O–H groups in total. The van der Waals surface area contributed by atoms with Crippen molar-refractivity contribution in [2.24, 2.45) is 0 Å². The topological polar surface area (TPSA) is 71.9 Å². The Kier molecular flexibility index (Phi) is 5.92. The molecule has 0 atom stereocenters. The quantitative estimate of drug-likeness (QED) is 0.606. The van der Waals surface area contributed by atoms with E-state index in [1.165, 1.54) is 0 Å². The number of nitrogens with one attached hydrogen (secondary N) is 2. The molecule has 9 heteroatoms. The Hall–Kier alpha value is -2.35. The lowest BCUT2D eigenvalue weighted by molar-refractivity contribution is -0.123. The van der Waals surface area contributed by atoms with Crippen LogP contribution in [0.2, 0.25) is 10.0 Å². The van der Waals surface area contributed by atoms with E-state index < -0.39 is 0 Å². The zero-order chi connectivity index (χ0) is 18.5. The first-order chi connectivity index (χ1) is 12.5. The second-order valence-electron chi connectivity index (χ2n) is 5.28. The molecule has 1 amide bonds. The highest BCUT2D eigenvalue weighted by molar-refractivity contribution is 7.71. The molecule has 0 aliphatic heterocycles. The van der Waals surface area contributed by atoms with Crippen LogP contribution in [0.25, 0.3) is 5.69 Å². The molecule has 2 aromatic carbocycles. The van der Waals surface area contributed by atoms with Crippen LogP contribution in [0.4, 0.5) is 0 Å². The summed E-state index contributed by atoms with van der Waals surface area (Å²) in [6.45, 7) is 0.0619. The summed E-state index contributed by atoms with van der Waals surface area (Å²) in [5.74, 6) is 0.828. The third kappa shape index (κ3) is 4.63. The molecule has 6 nitrogen and oxygen atoms in total. The summed E-state index contributed by atoms with van der Waals surface area (Å²) in [4.78, 5) is 12.0. The van der Waals surface area contributed by atoms with Gasteiger partial charge in [-0.05, 0) is 54.7 Å². The van der Waals surface area contributed by atoms with Crippen molar-refractivity contribution in [3.05, 3.63) is 69.2 Å². The molecule has 3 rings (SSSR count). The average molecular weight is 409 g/mol. The van der Waals surface area contributed by atoms with Gasteiger partial charge in [-0.1, -0.05) is 29.3 Å². The summed E-state index contributed by atoms with van der Waals surface area (Å²) >= 11 is 17.1. The lowest BCUT2D eigenvalue weighted by Crippen LogP contribution is -2.29. The van der Waals surface area contributed by atoms with E-state index in [0.717, 1.165) is 5.69 Å². The maximum Gasteiger partial charge on any atom is 0.258 e. The van der Waals surface area contributed by atoms with Crippen molar-refractivity contribution < 1.29 is 9.53 Å². The summed E-state index contributed by atoms with van der Waals surface area (Å²) in [6, 6.07) is 14.0. The van der Waals surface area contributed by atoms with Crippen molar-refractivity contribution >= 4 is 41.3 Å². The lowest BCUT2D eigenvalue weighted by atomic mass is 10.3. The molecular weight excluding hydrogens is 395 g/mol. The number of carbonyl (C=O) groups excluding carboxylic acids is 1. The molecule has 0 aliphatic rings. The van der Waals surface area contributed by atoms with Gasteiger partial charge < -0.3 is 10.1 Å². The molecule has 0 fully saturated rings. The van der Waals surface area contributed by atoms with Gasteiger partial charge in [0.15, 0.2) is 17.2 Å². The van der Waals surface area contributed by atoms with Gasteiger partial charge in [0, 0.05) is 10.0 Å². The van der Waals surface area contributed by atoms with Gasteiger partial charge in [0.25, 0.3) is 5.91 Å². The molecule has 0 unspecified atom stereocenters. The van der Waals surface area contributed by atoms with Crippen LogP contribution < -0.4 is 10.1 Å². The van der Waals surface area contributed by atoms with Crippen molar-refractivity contribution in [2.45, 2.75) is 6.54 Å². The van der Waals surface area contributed by atoms with E-state index in [0.29, 0.717) is 26.4 Å². The molecule has 0 saturated heterocycles. The minimum Gasteiger partial charge on any atom is -0.484 e. The molecule has 0 spiro atoms. The first-order valence-corrected chi connectivity index (χ1v) is 8.76. The molecule has 0 bridgehead atoms. The smallest absolute Gasteiger partial charge is 0.258 e. The van der Waals surface area contributed by atoms with Crippen LogP contribution in [0.5, 0.6) is 5.75 Å². The molecule has 1 heterocycles. The minimum absolute atomic E-state index is 0.121. The Morgan fingerprint density at radius 2 is 1.96 bits per heavy atom. The van der Waals surface area contributed by atoms with Crippen molar-refractivity contribution in [3.8, 4) is 11.4 Å². The van der Waals surface area contributed by atoms with Crippen LogP contribution in [0, 0.1) is 4.77 Å². The van der Waals surface area contributed by atoms with Crippen molar-refractivity contribution in [3.63, 3.8) is 0 Å². The first kappa shape index (κ1) is 18.4. The highest BCUT2D eigenvalue weighted by atomic mass is 35.5. The molecule has 0 aliphatic carbocycles. The Labute approximate surface area is 164 Å². The molecule has 1 aromatic heterocycles. The third-order valence-electron chi connectivity index (χ3n) is 3.44. The van der Waals surface area contributed by atoms with Crippen LogP contribution in [0.3, 0.4) is 0 Å². The van der Waals surface area contributed by atoms with Crippen molar-refractivity contribution in [1.29, 1.82) is 0 Å². The van der Waals surface area contributed by atoms with Crippen LogP contribution >= 0.6 is 35.4 Å². The zero-order valence-electron chi connectivity index (χ0n) is 13.4. The van der Waals surface area contributed by atoms with E-state index in [-0.39, 0.29) is 19.1 Å². The number of rotatable bonds is 6. The summed E-state index contributed by atoms with van der Waals surface area (Å²) in [6.07, 6.45) is 0. The second kappa shape index (κ2) is 8.35. The average Bonchev–Trinajstić information content (AvgIpc) is 3.00. The SMILES string of the molecule is O=C(COc1ccc(Cl)cc1)NCc1n[nH]c(=S)n1-c1cccc(Cl)c1. The number of nitrogens with zero attached hydrogens (tertiary/aromatic N) is 2. The fraction of sp³-hybridized carbons (Fsp3) is 0.118. The number of benzene rings is 2. The fourth-order valence-electron chi connectivity index (χ4n) is 2.24. The second-order valence-corrected chi connectivity index (χ2v) is 6.54. The molecular formula is C17H14Cl2N4O2S. The van der Waals surface area contributed by atoms with Crippen molar-refractivity contribution in [2.75, 3.05) is 6.61 Å². The van der Waals surface area contributed by atoms with E-state index in [9.17, 15) is 4.79 Å². The molecule has 0 radical (unpaired) electrons. The molecule has 26 heavy (non-hydrogen) atoms. The summed E-state index contributed by atoms with van der Waals surface area (Å²) in [5.41, 5.74) is 0.762. The van der Waals surface area contributed by atoms with E-state index in [1.54, 1.807) is 41.0 Å². The first-order valence-electron chi connectivity index (χ1n) is 7.60. The van der Waals surface area contributed by atoms with Gasteiger partial charge in [-0.3, -0.25) is 14.5 Å². The summed E-state index contributed by atoms with van der Waals surface area (Å²) in [5, 5.41) is 10.8. The highest BCUT2D eigenvalue weighted by Crippen LogP contribution is 2.17. The van der Waals surface area contributed by atoms with Crippen LogP contribution in [0.15, 0.2) is 48.5 Å². The predicted molar refractivity (Wildman–Crippen MR) is 103 cm³/mol. The molecule has 3 aromatic rings. The van der Waals surface area contributed by atoms with Crippen LogP contribution in [-0.2, 0) is 11.3 Å². The van der Waals surface area contributed by atoms with Crippen LogP contribution in [-0.4, -0.2) is 27.3 Å². The van der Waals surface area contributed by atoms with Gasteiger partial charge in [-0.2, -0.15) is 5.10 Å². The zero-order valence-corrected chi connectivity index (χ0v) is 15.7. The number of halogens is 2. The number of aromatic nitrogens is 3. The van der Waals surface area contributed by atoms with E-state index >= 15 is 0 Å². The van der Waals surface area contributed by atoms with Gasteiger partial charge in [-0.15, -0.1) is 0 Å². The number of H-pyrrole nitrogens is 1. The molecule has 0 saturated carbocycles. The number of ether oxygens (including phenoxy) is 1. The normalized spacial score (nSPS) is 10.5. The number of hydrogen-bond donors (Lipinski definition) is 2. The largest absolute Gasteiger partial charge is 0.484 e. The number of aromatic amines is 1. The minimum atomic E-state index is -0.286. The van der Waals surface area contributed by atoms with Gasteiger partial charge in [-0.25, -0.2) is 0 Å². The standard InChI is InChI=1S/C17H14Cl2N4O2S/c18-11-4-6-14(7-5-11)25-10-16(24)20-9-15-21-22-17(26)23(15)13-3-1-2-12(19)8-13/h1-8H,9-10H2,(H,20,24)(H,22,26). The summed E-state index contributed by atoms with van der Waals surface area (Å²) in [7, 11) is 0. The number of carbonyl (C=O) groups is 1. The number of amides is 1. The lowest BCUT2D eigenvalue weighted by Gasteiger charge is -2.09.